The molecule has 0 fully saturated rings. The van der Waals surface area contributed by atoms with Crippen molar-refractivity contribution >= 4 is 11.8 Å². The quantitative estimate of drug-likeness (QED) is 0.588. The second-order valence-electron chi connectivity index (χ2n) is 3.81. The number of aromatic nitrogens is 3. The molecule has 0 saturated carbocycles. The Morgan fingerprint density at radius 1 is 1.19 bits per heavy atom. The number of hydrogen-bond acceptors (Lipinski definition) is 4. The third-order valence-electron chi connectivity index (χ3n) is 2.33. The molecule has 90 valence electrons. The molecular formula is C11H19N3OS. The molecule has 1 aromatic heterocycles. The van der Waals surface area contributed by atoms with Crippen molar-refractivity contribution in [1.29, 1.82) is 0 Å². The van der Waals surface area contributed by atoms with Gasteiger partial charge in [-0.25, -0.2) is 0 Å². The van der Waals surface area contributed by atoms with Crippen molar-refractivity contribution in [2.24, 2.45) is 0 Å². The Kier molecular flexibility index (Phi) is 6.15. The first-order chi connectivity index (χ1) is 7.74. The van der Waals surface area contributed by atoms with E-state index in [1.807, 2.05) is 0 Å². The number of H-pyrrole nitrogens is 1. The molecule has 5 heteroatoms. The van der Waals surface area contributed by atoms with Gasteiger partial charge in [0.2, 0.25) is 0 Å². The van der Waals surface area contributed by atoms with Gasteiger partial charge in [-0.3, -0.25) is 9.78 Å². The van der Waals surface area contributed by atoms with Gasteiger partial charge in [-0.05, 0) is 13.3 Å². The van der Waals surface area contributed by atoms with Gasteiger partial charge >= 0.3 is 0 Å². The lowest BCUT2D eigenvalue weighted by molar-refractivity contribution is 0.658. The number of aromatic amines is 1. The van der Waals surface area contributed by atoms with Crippen LogP contribution in [0.25, 0.3) is 0 Å². The Morgan fingerprint density at radius 3 is 2.62 bits per heavy atom. The molecule has 0 saturated heterocycles. The molecule has 0 aliphatic rings. The summed E-state index contributed by atoms with van der Waals surface area (Å²) in [4.78, 5) is 14.0. The van der Waals surface area contributed by atoms with E-state index in [0.29, 0.717) is 10.9 Å². The van der Waals surface area contributed by atoms with Crippen molar-refractivity contribution in [3.63, 3.8) is 0 Å². The fraction of sp³-hybridized carbons (Fsp3) is 0.727. The van der Waals surface area contributed by atoms with Gasteiger partial charge in [0.25, 0.3) is 5.56 Å². The maximum atomic E-state index is 11.2. The summed E-state index contributed by atoms with van der Waals surface area (Å²) in [5.74, 6) is 0.997. The number of thioether (sulfide) groups is 1. The van der Waals surface area contributed by atoms with E-state index < -0.39 is 0 Å². The molecule has 0 spiro atoms. The third-order valence-corrected chi connectivity index (χ3v) is 3.28. The molecule has 0 radical (unpaired) electrons. The lowest BCUT2D eigenvalue weighted by Crippen LogP contribution is -2.14. The second kappa shape index (κ2) is 7.44. The van der Waals surface area contributed by atoms with Crippen LogP contribution in [-0.4, -0.2) is 20.9 Å². The Labute approximate surface area is 100 Å². The Balaban J connectivity index is 2.22. The largest absolute Gasteiger partial charge is 0.298 e. The summed E-state index contributed by atoms with van der Waals surface area (Å²) in [6, 6.07) is 0. The van der Waals surface area contributed by atoms with Gasteiger partial charge in [-0.15, -0.1) is 10.2 Å². The average molecular weight is 241 g/mol. The number of nitrogens with one attached hydrogen (secondary N) is 1. The van der Waals surface area contributed by atoms with Crippen LogP contribution in [0.15, 0.2) is 9.95 Å². The molecule has 0 bridgehead atoms. The van der Waals surface area contributed by atoms with Gasteiger partial charge in [-0.2, -0.15) is 0 Å². The SMILES string of the molecule is CCCCCCCSc1nnc(C)c(=O)[nH]1. The van der Waals surface area contributed by atoms with Crippen LogP contribution in [-0.2, 0) is 0 Å². The highest BCUT2D eigenvalue weighted by molar-refractivity contribution is 7.99. The summed E-state index contributed by atoms with van der Waals surface area (Å²) in [6.45, 7) is 3.87. The normalized spacial score (nSPS) is 10.6. The predicted octanol–water partition coefficient (Wildman–Crippen LogP) is 2.54. The summed E-state index contributed by atoms with van der Waals surface area (Å²) in [5, 5.41) is 8.35. The molecule has 0 unspecified atom stereocenters. The van der Waals surface area contributed by atoms with E-state index in [9.17, 15) is 4.79 Å². The first kappa shape index (κ1) is 13.2. The lowest BCUT2D eigenvalue weighted by atomic mass is 10.2. The highest BCUT2D eigenvalue weighted by Gasteiger charge is 2.00. The molecule has 16 heavy (non-hydrogen) atoms. The van der Waals surface area contributed by atoms with Gasteiger partial charge in [0.1, 0.15) is 5.69 Å². The van der Waals surface area contributed by atoms with Crippen molar-refractivity contribution in [2.45, 2.75) is 51.1 Å². The first-order valence-electron chi connectivity index (χ1n) is 5.80. The van der Waals surface area contributed by atoms with Crippen molar-refractivity contribution in [1.82, 2.24) is 15.2 Å². The van der Waals surface area contributed by atoms with Crippen LogP contribution < -0.4 is 5.56 Å². The zero-order chi connectivity index (χ0) is 11.8. The zero-order valence-electron chi connectivity index (χ0n) is 9.95. The Morgan fingerprint density at radius 2 is 1.94 bits per heavy atom. The number of aryl methyl sites for hydroxylation is 1. The van der Waals surface area contributed by atoms with E-state index in [2.05, 4.69) is 22.1 Å². The van der Waals surface area contributed by atoms with Crippen LogP contribution in [0.5, 0.6) is 0 Å². The minimum absolute atomic E-state index is 0.136. The van der Waals surface area contributed by atoms with Crippen LogP contribution in [0.2, 0.25) is 0 Å². The molecule has 1 heterocycles. The van der Waals surface area contributed by atoms with Gasteiger partial charge in [0, 0.05) is 5.75 Å². The number of nitrogens with zero attached hydrogens (tertiary/aromatic N) is 2. The van der Waals surface area contributed by atoms with E-state index in [-0.39, 0.29) is 5.56 Å². The first-order valence-corrected chi connectivity index (χ1v) is 6.79. The minimum atomic E-state index is -0.136. The van der Waals surface area contributed by atoms with Crippen LogP contribution in [0.3, 0.4) is 0 Å². The summed E-state index contributed by atoms with van der Waals surface area (Å²) >= 11 is 1.57. The van der Waals surface area contributed by atoms with Crippen molar-refractivity contribution in [3.8, 4) is 0 Å². The molecule has 1 rings (SSSR count). The van der Waals surface area contributed by atoms with Crippen LogP contribution >= 0.6 is 11.8 Å². The average Bonchev–Trinajstić information content (AvgIpc) is 2.28. The predicted molar refractivity (Wildman–Crippen MR) is 66.9 cm³/mol. The summed E-state index contributed by atoms with van der Waals surface area (Å²) in [7, 11) is 0. The molecule has 0 amide bonds. The molecule has 0 atom stereocenters. The van der Waals surface area contributed by atoms with Gasteiger partial charge in [0.15, 0.2) is 5.16 Å². The molecule has 4 nitrogen and oxygen atoms in total. The fourth-order valence-electron chi connectivity index (χ4n) is 1.32. The molecule has 0 aliphatic carbocycles. The monoisotopic (exact) mass is 241 g/mol. The zero-order valence-corrected chi connectivity index (χ0v) is 10.8. The lowest BCUT2D eigenvalue weighted by Gasteiger charge is -2.00. The van der Waals surface area contributed by atoms with Crippen molar-refractivity contribution in [3.05, 3.63) is 16.0 Å². The maximum Gasteiger partial charge on any atom is 0.273 e. The van der Waals surface area contributed by atoms with Crippen molar-refractivity contribution in [2.75, 3.05) is 5.75 Å². The highest BCUT2D eigenvalue weighted by atomic mass is 32.2. The third kappa shape index (κ3) is 4.79. The molecule has 0 aliphatic heterocycles. The molecule has 1 aromatic rings. The maximum absolute atomic E-state index is 11.2. The van der Waals surface area contributed by atoms with Gasteiger partial charge in [-0.1, -0.05) is 44.4 Å². The van der Waals surface area contributed by atoms with Gasteiger partial charge in [0.05, 0.1) is 0 Å². The second-order valence-corrected chi connectivity index (χ2v) is 4.89. The summed E-state index contributed by atoms with van der Waals surface area (Å²) in [5.41, 5.74) is 0.288. The van der Waals surface area contributed by atoms with E-state index >= 15 is 0 Å². The topological polar surface area (TPSA) is 58.6 Å². The molecule has 0 aromatic carbocycles. The van der Waals surface area contributed by atoms with E-state index in [0.717, 1.165) is 5.75 Å². The van der Waals surface area contributed by atoms with Crippen LogP contribution in [0.1, 0.15) is 44.7 Å². The summed E-state index contributed by atoms with van der Waals surface area (Å²) < 4.78 is 0. The smallest absolute Gasteiger partial charge is 0.273 e. The van der Waals surface area contributed by atoms with E-state index in [1.54, 1.807) is 18.7 Å². The van der Waals surface area contributed by atoms with Crippen LogP contribution in [0.4, 0.5) is 0 Å². The van der Waals surface area contributed by atoms with E-state index in [1.165, 1.54) is 32.1 Å². The van der Waals surface area contributed by atoms with Gasteiger partial charge < -0.3 is 0 Å². The highest BCUT2D eigenvalue weighted by Crippen LogP contribution is 2.13. The Hall–Kier alpha value is -0.840. The minimum Gasteiger partial charge on any atom is -0.298 e. The summed E-state index contributed by atoms with van der Waals surface area (Å²) in [6.07, 6.45) is 6.30. The number of hydrogen-bond donors (Lipinski definition) is 1. The number of unbranched alkanes of at least 4 members (excludes halogenated alkanes) is 4. The number of rotatable bonds is 7. The molecule has 1 N–H and O–H groups in total. The fourth-order valence-corrected chi connectivity index (χ4v) is 2.12. The Bertz CT molecular complexity index is 364. The standard InChI is InChI=1S/C11H19N3OS/c1-3-4-5-6-7-8-16-11-12-10(15)9(2)13-14-11/h3-8H2,1-2H3,(H,12,14,15). The van der Waals surface area contributed by atoms with Crippen LogP contribution in [0, 0.1) is 6.92 Å². The van der Waals surface area contributed by atoms with E-state index in [4.69, 9.17) is 0 Å². The van der Waals surface area contributed by atoms with Crippen molar-refractivity contribution < 1.29 is 0 Å². The molecular weight excluding hydrogens is 222 g/mol.